The first kappa shape index (κ1) is 27.0. The Morgan fingerprint density at radius 1 is 0.971 bits per heavy atom. The average Bonchev–Trinajstić information content (AvgIpc) is 2.86. The zero-order valence-electron chi connectivity index (χ0n) is 20.4. The lowest BCUT2D eigenvalue weighted by molar-refractivity contribution is -0.141. The lowest BCUT2D eigenvalue weighted by atomic mass is 10.0. The van der Waals surface area contributed by atoms with Crippen molar-refractivity contribution in [3.8, 4) is 0 Å². The van der Waals surface area contributed by atoms with Gasteiger partial charge in [-0.1, -0.05) is 83.0 Å². The maximum Gasteiger partial charge on any atom is 0.243 e. The molecule has 0 aliphatic rings. The van der Waals surface area contributed by atoms with Crippen molar-refractivity contribution in [2.24, 2.45) is 0 Å². The number of nitrogens with zero attached hydrogens (tertiary/aromatic N) is 1. The zero-order valence-corrected chi connectivity index (χ0v) is 22.8. The number of thioether (sulfide) groups is 1. The Morgan fingerprint density at radius 3 is 2.37 bits per heavy atom. The molecule has 3 aromatic carbocycles. The van der Waals surface area contributed by atoms with E-state index in [2.05, 4.69) is 52.4 Å². The van der Waals surface area contributed by atoms with Crippen molar-refractivity contribution in [3.05, 3.63) is 100 Å². The lowest BCUT2D eigenvalue weighted by Crippen LogP contribution is -2.50. The normalized spacial score (nSPS) is 11.6. The summed E-state index contributed by atoms with van der Waals surface area (Å²) in [4.78, 5) is 29.8. The Balaban J connectivity index is 1.82. The minimum atomic E-state index is -0.584. The number of carbonyl (C=O) groups excluding carboxylic acids is 2. The van der Waals surface area contributed by atoms with Crippen LogP contribution < -0.4 is 5.32 Å². The third kappa shape index (κ3) is 8.86. The summed E-state index contributed by atoms with van der Waals surface area (Å²) in [6.07, 6.45) is 1.68. The van der Waals surface area contributed by atoms with Gasteiger partial charge in [0.15, 0.2) is 0 Å². The van der Waals surface area contributed by atoms with Crippen LogP contribution in [0.1, 0.15) is 36.5 Å². The molecule has 0 aliphatic carbocycles. The first-order valence-corrected chi connectivity index (χ1v) is 13.8. The summed E-state index contributed by atoms with van der Waals surface area (Å²) in [6, 6.07) is 25.6. The van der Waals surface area contributed by atoms with Gasteiger partial charge in [-0.15, -0.1) is 11.8 Å². The quantitative estimate of drug-likeness (QED) is 0.264. The highest BCUT2D eigenvalue weighted by Gasteiger charge is 2.30. The standard InChI is InChI=1S/C29H33BrN2O2S/c1-3-17-31-29(34)27(20-23-8-5-4-6-9-23)32(21-24-10-7-11-25(30)19-24)28(33)16-18-35-26-14-12-22(2)13-15-26/h4-15,19,27H,3,16-18,20-21H2,1-2H3,(H,31,34)/t27-/m0/s1. The smallest absolute Gasteiger partial charge is 0.243 e. The molecule has 0 heterocycles. The maximum atomic E-state index is 13.6. The molecule has 4 nitrogen and oxygen atoms in total. The topological polar surface area (TPSA) is 49.4 Å². The summed E-state index contributed by atoms with van der Waals surface area (Å²) >= 11 is 5.20. The van der Waals surface area contributed by atoms with Crippen LogP contribution in [0.25, 0.3) is 0 Å². The summed E-state index contributed by atoms with van der Waals surface area (Å²) in [5, 5.41) is 3.03. The molecule has 1 N–H and O–H groups in total. The molecule has 0 saturated heterocycles. The molecule has 6 heteroatoms. The number of rotatable bonds is 12. The maximum absolute atomic E-state index is 13.6. The van der Waals surface area contributed by atoms with Crippen LogP contribution in [0.15, 0.2) is 88.2 Å². The van der Waals surface area contributed by atoms with Gasteiger partial charge in [0.05, 0.1) is 0 Å². The third-order valence-corrected chi connectivity index (χ3v) is 7.17. The van der Waals surface area contributed by atoms with Crippen molar-refractivity contribution in [1.82, 2.24) is 10.2 Å². The van der Waals surface area contributed by atoms with E-state index >= 15 is 0 Å². The summed E-state index contributed by atoms with van der Waals surface area (Å²) in [5.74, 6) is 0.535. The molecule has 35 heavy (non-hydrogen) atoms. The minimum Gasteiger partial charge on any atom is -0.354 e. The first-order valence-electron chi connectivity index (χ1n) is 12.0. The van der Waals surface area contributed by atoms with Gasteiger partial charge in [0, 0.05) is 41.1 Å². The number of nitrogens with one attached hydrogen (secondary N) is 1. The molecule has 0 unspecified atom stereocenters. The molecular formula is C29H33BrN2O2S. The van der Waals surface area contributed by atoms with Gasteiger partial charge in [-0.3, -0.25) is 9.59 Å². The van der Waals surface area contributed by atoms with Crippen molar-refractivity contribution >= 4 is 39.5 Å². The molecule has 0 radical (unpaired) electrons. The van der Waals surface area contributed by atoms with Crippen LogP contribution in [0, 0.1) is 6.92 Å². The number of carbonyl (C=O) groups is 2. The van der Waals surface area contributed by atoms with Crippen LogP contribution >= 0.6 is 27.7 Å². The fraction of sp³-hybridized carbons (Fsp3) is 0.310. The fourth-order valence-corrected chi connectivity index (χ4v) is 5.07. The Kier molecular flexibility index (Phi) is 10.9. The molecule has 184 valence electrons. The van der Waals surface area contributed by atoms with Gasteiger partial charge >= 0.3 is 0 Å². The molecule has 1 atom stereocenters. The minimum absolute atomic E-state index is 0.0165. The van der Waals surface area contributed by atoms with Crippen LogP contribution in [0.2, 0.25) is 0 Å². The van der Waals surface area contributed by atoms with Crippen LogP contribution in [-0.2, 0) is 22.6 Å². The van der Waals surface area contributed by atoms with E-state index < -0.39 is 6.04 Å². The van der Waals surface area contributed by atoms with E-state index in [1.807, 2.05) is 61.5 Å². The lowest BCUT2D eigenvalue weighted by Gasteiger charge is -2.31. The van der Waals surface area contributed by atoms with Gasteiger partial charge < -0.3 is 10.2 Å². The molecule has 3 rings (SSSR count). The summed E-state index contributed by atoms with van der Waals surface area (Å²) in [6.45, 7) is 5.06. The van der Waals surface area contributed by atoms with E-state index in [9.17, 15) is 9.59 Å². The summed E-state index contributed by atoms with van der Waals surface area (Å²) < 4.78 is 0.951. The molecule has 0 fully saturated rings. The van der Waals surface area contributed by atoms with Gasteiger partial charge in [-0.2, -0.15) is 0 Å². The van der Waals surface area contributed by atoms with Crippen molar-refractivity contribution in [2.45, 2.75) is 50.6 Å². The van der Waals surface area contributed by atoms with Crippen molar-refractivity contribution in [2.75, 3.05) is 12.3 Å². The second-order valence-electron chi connectivity index (χ2n) is 8.56. The largest absolute Gasteiger partial charge is 0.354 e. The first-order chi connectivity index (χ1) is 17.0. The Bertz CT molecular complexity index is 1090. The van der Waals surface area contributed by atoms with Gasteiger partial charge in [0.25, 0.3) is 0 Å². The van der Waals surface area contributed by atoms with E-state index in [4.69, 9.17) is 0 Å². The number of hydrogen-bond donors (Lipinski definition) is 1. The van der Waals surface area contributed by atoms with Crippen molar-refractivity contribution < 1.29 is 9.59 Å². The molecule has 0 bridgehead atoms. The van der Waals surface area contributed by atoms with E-state index in [1.54, 1.807) is 16.7 Å². The number of aryl methyl sites for hydroxylation is 1. The van der Waals surface area contributed by atoms with Gasteiger partial charge in [0.1, 0.15) is 6.04 Å². The van der Waals surface area contributed by atoms with Crippen LogP contribution in [0.4, 0.5) is 0 Å². The Labute approximate surface area is 221 Å². The highest BCUT2D eigenvalue weighted by Crippen LogP contribution is 2.22. The molecule has 3 aromatic rings. The van der Waals surface area contributed by atoms with Gasteiger partial charge in [-0.05, 0) is 48.7 Å². The van der Waals surface area contributed by atoms with Crippen LogP contribution in [0.3, 0.4) is 0 Å². The Hall–Kier alpha value is -2.57. The third-order valence-electron chi connectivity index (χ3n) is 5.67. The number of benzene rings is 3. The van der Waals surface area contributed by atoms with E-state index in [0.717, 1.165) is 26.9 Å². The second-order valence-corrected chi connectivity index (χ2v) is 10.6. The number of amides is 2. The molecule has 2 amide bonds. The SMILES string of the molecule is CCCNC(=O)[C@H](Cc1ccccc1)N(Cc1cccc(Br)c1)C(=O)CCSc1ccc(C)cc1. The average molecular weight is 554 g/mol. The van der Waals surface area contributed by atoms with E-state index in [-0.39, 0.29) is 11.8 Å². The van der Waals surface area contributed by atoms with Crippen molar-refractivity contribution in [1.29, 1.82) is 0 Å². The molecule has 0 aliphatic heterocycles. The number of halogens is 1. The van der Waals surface area contributed by atoms with Crippen LogP contribution in [0.5, 0.6) is 0 Å². The Morgan fingerprint density at radius 2 is 1.69 bits per heavy atom. The van der Waals surface area contributed by atoms with Gasteiger partial charge in [0.2, 0.25) is 11.8 Å². The molecule has 0 aromatic heterocycles. The highest BCUT2D eigenvalue weighted by atomic mass is 79.9. The van der Waals surface area contributed by atoms with E-state index in [1.165, 1.54) is 5.56 Å². The molecule has 0 spiro atoms. The fourth-order valence-electron chi connectivity index (χ4n) is 3.79. The summed E-state index contributed by atoms with van der Waals surface area (Å²) in [5.41, 5.74) is 3.23. The summed E-state index contributed by atoms with van der Waals surface area (Å²) in [7, 11) is 0. The van der Waals surface area contributed by atoms with Crippen LogP contribution in [-0.4, -0.2) is 35.1 Å². The zero-order chi connectivity index (χ0) is 25.0. The molecular weight excluding hydrogens is 520 g/mol. The van der Waals surface area contributed by atoms with Crippen molar-refractivity contribution in [3.63, 3.8) is 0 Å². The predicted octanol–water partition coefficient (Wildman–Crippen LogP) is 6.41. The van der Waals surface area contributed by atoms with E-state index in [0.29, 0.717) is 31.7 Å². The molecule has 0 saturated carbocycles. The second kappa shape index (κ2) is 14.1. The predicted molar refractivity (Wildman–Crippen MR) is 148 cm³/mol. The highest BCUT2D eigenvalue weighted by molar-refractivity contribution is 9.10. The monoisotopic (exact) mass is 552 g/mol. The van der Waals surface area contributed by atoms with Gasteiger partial charge in [-0.25, -0.2) is 0 Å². The number of hydrogen-bond acceptors (Lipinski definition) is 3.